The fourth-order valence-corrected chi connectivity index (χ4v) is 8.88. The van der Waals surface area contributed by atoms with Crippen molar-refractivity contribution in [2.45, 2.75) is 97.7 Å². The number of rotatable bonds is 7. The summed E-state index contributed by atoms with van der Waals surface area (Å²) in [6, 6.07) is 0. The Morgan fingerprint density at radius 2 is 1.89 bits per heavy atom. The van der Waals surface area contributed by atoms with Crippen molar-refractivity contribution in [3.8, 4) is 0 Å². The lowest BCUT2D eigenvalue weighted by molar-refractivity contribution is -0.182. The van der Waals surface area contributed by atoms with Crippen molar-refractivity contribution in [1.29, 1.82) is 0 Å². The van der Waals surface area contributed by atoms with E-state index in [1.54, 1.807) is 6.92 Å². The molecule has 0 aromatic rings. The lowest BCUT2D eigenvalue weighted by atomic mass is 9.43. The van der Waals surface area contributed by atoms with Crippen molar-refractivity contribution >= 4 is 17.7 Å². The molecule has 0 aliphatic heterocycles. The molecular formula is C28H45NO6. The highest BCUT2D eigenvalue weighted by molar-refractivity contribution is 5.83. The van der Waals surface area contributed by atoms with Gasteiger partial charge in [0.2, 0.25) is 5.91 Å². The molecule has 4 fully saturated rings. The van der Waals surface area contributed by atoms with E-state index in [2.05, 4.69) is 26.1 Å². The van der Waals surface area contributed by atoms with E-state index in [0.717, 1.165) is 25.7 Å². The highest BCUT2D eigenvalue weighted by Gasteiger charge is 2.65. The molecule has 4 saturated carbocycles. The van der Waals surface area contributed by atoms with Crippen LogP contribution in [0.4, 0.5) is 0 Å². The molecule has 4 rings (SSSR count). The smallest absolute Gasteiger partial charge is 0.325 e. The average molecular weight is 492 g/mol. The second-order valence-electron chi connectivity index (χ2n) is 12.4. The third-order valence-electron chi connectivity index (χ3n) is 10.9. The minimum Gasteiger partial charge on any atom is -0.465 e. The van der Waals surface area contributed by atoms with E-state index in [0.29, 0.717) is 44.5 Å². The first kappa shape index (κ1) is 26.6. The Morgan fingerprint density at radius 3 is 2.60 bits per heavy atom. The minimum absolute atomic E-state index is 0.00460. The van der Waals surface area contributed by atoms with Gasteiger partial charge in [0.05, 0.1) is 18.8 Å². The predicted molar refractivity (Wildman–Crippen MR) is 131 cm³/mol. The summed E-state index contributed by atoms with van der Waals surface area (Å²) in [5.74, 6) is 0.849. The Morgan fingerprint density at radius 1 is 1.14 bits per heavy atom. The monoisotopic (exact) mass is 491 g/mol. The van der Waals surface area contributed by atoms with Crippen LogP contribution in [0.5, 0.6) is 0 Å². The van der Waals surface area contributed by atoms with Gasteiger partial charge in [-0.25, -0.2) is 0 Å². The van der Waals surface area contributed by atoms with Gasteiger partial charge in [-0.1, -0.05) is 20.8 Å². The number of carbonyl (C=O) groups is 3. The molecule has 4 aliphatic rings. The normalized spacial score (nSPS) is 43.5. The fraction of sp³-hybridized carbons (Fsp3) is 0.893. The Bertz CT molecular complexity index is 830. The quantitative estimate of drug-likeness (QED) is 0.471. The molecule has 0 spiro atoms. The van der Waals surface area contributed by atoms with Gasteiger partial charge < -0.3 is 20.3 Å². The summed E-state index contributed by atoms with van der Waals surface area (Å²) in [4.78, 5) is 37.3. The maximum Gasteiger partial charge on any atom is 0.325 e. The molecule has 4 aliphatic carbocycles. The lowest BCUT2D eigenvalue weighted by Gasteiger charge is -2.61. The molecule has 7 nitrogen and oxygen atoms in total. The molecule has 0 aromatic carbocycles. The number of aliphatic hydroxyl groups is 2. The Kier molecular flexibility index (Phi) is 7.69. The molecule has 0 radical (unpaired) electrons. The van der Waals surface area contributed by atoms with Gasteiger partial charge in [0.1, 0.15) is 12.3 Å². The number of ketones is 1. The second kappa shape index (κ2) is 10.1. The average Bonchev–Trinajstić information content (AvgIpc) is 3.16. The molecule has 7 heteroatoms. The molecule has 0 saturated heterocycles. The first-order valence-corrected chi connectivity index (χ1v) is 13.8. The summed E-state index contributed by atoms with van der Waals surface area (Å²) < 4.78 is 4.86. The van der Waals surface area contributed by atoms with Crippen LogP contribution >= 0.6 is 0 Å². The predicted octanol–water partition coefficient (Wildman–Crippen LogP) is 3.25. The summed E-state index contributed by atoms with van der Waals surface area (Å²) in [5.41, 5.74) is -0.310. The van der Waals surface area contributed by atoms with E-state index in [1.807, 2.05) is 0 Å². The molecule has 198 valence electrons. The number of ether oxygens (including phenoxy) is 1. The number of amides is 1. The molecule has 35 heavy (non-hydrogen) atoms. The zero-order valence-electron chi connectivity index (χ0n) is 21.9. The third kappa shape index (κ3) is 4.68. The molecule has 3 N–H and O–H groups in total. The maximum atomic E-state index is 13.5. The number of fused-ring (bicyclic) bond motifs is 5. The largest absolute Gasteiger partial charge is 0.465 e. The van der Waals surface area contributed by atoms with Gasteiger partial charge in [-0.3, -0.25) is 14.4 Å². The van der Waals surface area contributed by atoms with Gasteiger partial charge in [0.15, 0.2) is 0 Å². The van der Waals surface area contributed by atoms with E-state index in [-0.39, 0.29) is 64.9 Å². The van der Waals surface area contributed by atoms with Gasteiger partial charge in [-0.15, -0.1) is 0 Å². The van der Waals surface area contributed by atoms with Crippen molar-refractivity contribution in [2.24, 2.45) is 46.3 Å². The standard InChI is InChI=1S/C28H45NO6/c1-5-35-25(34)15-29-24(33)9-6-16(2)19-7-8-20-26-21(14-23(32)28(19,20)4)27(3)11-10-18(30)12-17(27)13-22(26)31/h16-21,23,26,30,32H,5-15H2,1-4H3,(H,29,33)/t16-,17+,18-,19-,20+,21+,23+,26+,27+,28-/m1/s1. The van der Waals surface area contributed by atoms with Crippen molar-refractivity contribution in [3.63, 3.8) is 0 Å². The summed E-state index contributed by atoms with van der Waals surface area (Å²) in [6.45, 7) is 8.59. The number of nitrogens with one attached hydrogen (secondary N) is 1. The van der Waals surface area contributed by atoms with Crippen molar-refractivity contribution < 1.29 is 29.3 Å². The van der Waals surface area contributed by atoms with Gasteiger partial charge in [-0.2, -0.15) is 0 Å². The van der Waals surface area contributed by atoms with Gasteiger partial charge >= 0.3 is 5.97 Å². The zero-order valence-corrected chi connectivity index (χ0v) is 21.9. The fourth-order valence-electron chi connectivity index (χ4n) is 8.88. The number of hydrogen-bond acceptors (Lipinski definition) is 6. The van der Waals surface area contributed by atoms with Crippen molar-refractivity contribution in [3.05, 3.63) is 0 Å². The van der Waals surface area contributed by atoms with Crippen LogP contribution in [0.3, 0.4) is 0 Å². The van der Waals surface area contributed by atoms with Gasteiger partial charge in [0.25, 0.3) is 0 Å². The van der Waals surface area contributed by atoms with Crippen LogP contribution < -0.4 is 5.32 Å². The number of Topliss-reactive ketones (excluding diaryl/α,β-unsaturated/α-hetero) is 1. The van der Waals surface area contributed by atoms with E-state index < -0.39 is 12.1 Å². The van der Waals surface area contributed by atoms with E-state index in [9.17, 15) is 24.6 Å². The van der Waals surface area contributed by atoms with E-state index >= 15 is 0 Å². The van der Waals surface area contributed by atoms with E-state index in [1.165, 1.54) is 0 Å². The Hall–Kier alpha value is -1.47. The summed E-state index contributed by atoms with van der Waals surface area (Å²) in [6.07, 6.45) is 5.85. The number of esters is 1. The van der Waals surface area contributed by atoms with Crippen LogP contribution in [0.15, 0.2) is 0 Å². The molecule has 0 aromatic heterocycles. The number of carbonyl (C=O) groups excluding carboxylic acids is 3. The summed E-state index contributed by atoms with van der Waals surface area (Å²) >= 11 is 0. The summed E-state index contributed by atoms with van der Waals surface area (Å²) in [7, 11) is 0. The van der Waals surface area contributed by atoms with Crippen molar-refractivity contribution in [1.82, 2.24) is 5.32 Å². The molecule has 1 amide bonds. The maximum absolute atomic E-state index is 13.5. The van der Waals surface area contributed by atoms with Crippen LogP contribution in [0.1, 0.15) is 85.5 Å². The molecule has 0 heterocycles. The van der Waals surface area contributed by atoms with Crippen LogP contribution in [0, 0.1) is 46.3 Å². The molecule has 0 unspecified atom stereocenters. The summed E-state index contributed by atoms with van der Waals surface area (Å²) in [5, 5.41) is 24.5. The third-order valence-corrected chi connectivity index (χ3v) is 10.9. The highest BCUT2D eigenvalue weighted by atomic mass is 16.5. The van der Waals surface area contributed by atoms with Crippen molar-refractivity contribution in [2.75, 3.05) is 13.2 Å². The Labute approximate surface area is 209 Å². The van der Waals surface area contributed by atoms with Crippen LogP contribution in [0.25, 0.3) is 0 Å². The van der Waals surface area contributed by atoms with Crippen LogP contribution in [0.2, 0.25) is 0 Å². The molecule has 0 bridgehead atoms. The van der Waals surface area contributed by atoms with E-state index in [4.69, 9.17) is 4.74 Å². The van der Waals surface area contributed by atoms with Crippen LogP contribution in [-0.2, 0) is 19.1 Å². The Balaban J connectivity index is 1.43. The number of aliphatic hydroxyl groups excluding tert-OH is 2. The second-order valence-corrected chi connectivity index (χ2v) is 12.4. The van der Waals surface area contributed by atoms with Gasteiger partial charge in [0, 0.05) is 24.2 Å². The van der Waals surface area contributed by atoms with Gasteiger partial charge in [-0.05, 0) is 86.9 Å². The molecular weight excluding hydrogens is 446 g/mol. The first-order valence-electron chi connectivity index (χ1n) is 13.8. The zero-order chi connectivity index (χ0) is 25.5. The topological polar surface area (TPSA) is 113 Å². The molecule has 10 atom stereocenters. The van der Waals surface area contributed by atoms with Crippen LogP contribution in [-0.4, -0.2) is 53.2 Å². The number of hydrogen-bond donors (Lipinski definition) is 3. The minimum atomic E-state index is -0.462. The highest BCUT2D eigenvalue weighted by Crippen LogP contribution is 2.67. The lowest BCUT2D eigenvalue weighted by Crippen LogP contribution is -2.61. The SMILES string of the molecule is CCOC(=O)CNC(=O)CC[C@@H](C)[C@H]1CC[C@H]2[C@@H]3C(=O)C[C@@H]4C[C@H](O)CC[C@]4(C)[C@H]3C[C@H](O)[C@]12C. The first-order chi connectivity index (χ1) is 16.5.